The van der Waals surface area contributed by atoms with Crippen LogP contribution in [0.15, 0.2) is 54.6 Å². The molecule has 0 aliphatic carbocycles. The zero-order valence-corrected chi connectivity index (χ0v) is 11.5. The van der Waals surface area contributed by atoms with Crippen molar-refractivity contribution >= 4 is 5.97 Å². The highest BCUT2D eigenvalue weighted by molar-refractivity contribution is 5.87. The van der Waals surface area contributed by atoms with Crippen LogP contribution >= 0.6 is 0 Å². The van der Waals surface area contributed by atoms with Gasteiger partial charge in [0.05, 0.1) is 11.3 Å². The first-order valence-electron chi connectivity index (χ1n) is 6.53. The largest absolute Gasteiger partial charge is 0.486 e. The second kappa shape index (κ2) is 6.04. The molecule has 3 aromatic rings. The molecular formula is C15H12N4O3. The van der Waals surface area contributed by atoms with Crippen LogP contribution in [0.1, 0.15) is 16.2 Å². The smallest absolute Gasteiger partial charge is 0.335 e. The molecule has 0 aliphatic heterocycles. The normalized spacial score (nSPS) is 10.4. The average molecular weight is 296 g/mol. The highest BCUT2D eigenvalue weighted by Crippen LogP contribution is 2.15. The number of aromatic carboxylic acids is 1. The Morgan fingerprint density at radius 2 is 1.95 bits per heavy atom. The summed E-state index contributed by atoms with van der Waals surface area (Å²) in [5.74, 6) is -0.0333. The molecule has 0 unspecified atom stereocenters. The third kappa shape index (κ3) is 2.93. The Kier molecular flexibility index (Phi) is 3.78. The van der Waals surface area contributed by atoms with Gasteiger partial charge in [-0.25, -0.2) is 4.79 Å². The van der Waals surface area contributed by atoms with Crippen LogP contribution in [0.4, 0.5) is 0 Å². The summed E-state index contributed by atoms with van der Waals surface area (Å²) < 4.78 is 7.15. The maximum atomic E-state index is 10.9. The Morgan fingerprint density at radius 1 is 1.14 bits per heavy atom. The van der Waals surface area contributed by atoms with Crippen molar-refractivity contribution < 1.29 is 14.6 Å². The van der Waals surface area contributed by atoms with Crippen LogP contribution in [0.5, 0.6) is 5.75 Å². The van der Waals surface area contributed by atoms with Gasteiger partial charge >= 0.3 is 5.97 Å². The quantitative estimate of drug-likeness (QED) is 0.773. The fourth-order valence-corrected chi connectivity index (χ4v) is 1.93. The summed E-state index contributed by atoms with van der Waals surface area (Å²) >= 11 is 0. The molecule has 0 aliphatic rings. The lowest BCUT2D eigenvalue weighted by Gasteiger charge is -2.07. The van der Waals surface area contributed by atoms with Crippen molar-refractivity contribution in [2.45, 2.75) is 6.61 Å². The van der Waals surface area contributed by atoms with Gasteiger partial charge in [0.1, 0.15) is 12.4 Å². The minimum absolute atomic E-state index is 0.130. The standard InChI is InChI=1S/C15H12N4O3/c20-15(21)11-5-4-8-13(9-11)22-10-14-16-17-18-19(14)12-6-2-1-3-7-12/h1-9H,10H2,(H,20,21). The molecule has 7 heteroatoms. The van der Waals surface area contributed by atoms with Crippen LogP contribution in [0.2, 0.25) is 0 Å². The molecule has 0 saturated carbocycles. The lowest BCUT2D eigenvalue weighted by Crippen LogP contribution is -2.07. The molecule has 0 radical (unpaired) electrons. The van der Waals surface area contributed by atoms with Crippen LogP contribution in [0.25, 0.3) is 5.69 Å². The Hall–Kier alpha value is -3.22. The van der Waals surface area contributed by atoms with Gasteiger partial charge in [0, 0.05) is 0 Å². The number of rotatable bonds is 5. The lowest BCUT2D eigenvalue weighted by atomic mass is 10.2. The zero-order valence-electron chi connectivity index (χ0n) is 11.5. The number of hydrogen-bond acceptors (Lipinski definition) is 5. The number of aromatic nitrogens is 4. The highest BCUT2D eigenvalue weighted by atomic mass is 16.5. The summed E-state index contributed by atoms with van der Waals surface area (Å²) in [5, 5.41) is 20.5. The molecule has 0 saturated heterocycles. The molecule has 1 aromatic heterocycles. The van der Waals surface area contributed by atoms with Gasteiger partial charge in [0.15, 0.2) is 5.82 Å². The van der Waals surface area contributed by atoms with E-state index in [0.29, 0.717) is 11.6 Å². The second-order valence-electron chi connectivity index (χ2n) is 4.46. The molecule has 0 amide bonds. The second-order valence-corrected chi connectivity index (χ2v) is 4.46. The van der Waals surface area contributed by atoms with Gasteiger partial charge in [-0.1, -0.05) is 24.3 Å². The third-order valence-electron chi connectivity index (χ3n) is 2.98. The van der Waals surface area contributed by atoms with E-state index in [1.165, 1.54) is 12.1 Å². The molecule has 110 valence electrons. The van der Waals surface area contributed by atoms with E-state index >= 15 is 0 Å². The monoisotopic (exact) mass is 296 g/mol. The number of carbonyl (C=O) groups is 1. The van der Waals surface area contributed by atoms with Crippen LogP contribution in [0.3, 0.4) is 0 Å². The molecule has 7 nitrogen and oxygen atoms in total. The maximum Gasteiger partial charge on any atom is 0.335 e. The summed E-state index contributed by atoms with van der Waals surface area (Å²) in [6, 6.07) is 15.7. The van der Waals surface area contributed by atoms with E-state index < -0.39 is 5.97 Å². The summed E-state index contributed by atoms with van der Waals surface area (Å²) in [7, 11) is 0. The number of ether oxygens (including phenoxy) is 1. The van der Waals surface area contributed by atoms with Gasteiger partial charge in [0.2, 0.25) is 0 Å². The predicted molar refractivity (Wildman–Crippen MR) is 76.9 cm³/mol. The molecule has 22 heavy (non-hydrogen) atoms. The minimum Gasteiger partial charge on any atom is -0.486 e. The first kappa shape index (κ1) is 13.7. The Bertz CT molecular complexity index is 786. The minimum atomic E-state index is -1.00. The molecule has 1 heterocycles. The van der Waals surface area contributed by atoms with Crippen molar-refractivity contribution in [3.63, 3.8) is 0 Å². The topological polar surface area (TPSA) is 90.1 Å². The summed E-state index contributed by atoms with van der Waals surface area (Å²) in [6.45, 7) is 0.130. The van der Waals surface area contributed by atoms with Crippen LogP contribution in [0, 0.1) is 0 Å². The fourth-order valence-electron chi connectivity index (χ4n) is 1.93. The molecule has 3 rings (SSSR count). The Balaban J connectivity index is 1.77. The summed E-state index contributed by atoms with van der Waals surface area (Å²) in [5.41, 5.74) is 0.991. The van der Waals surface area contributed by atoms with Crippen molar-refractivity contribution in [1.29, 1.82) is 0 Å². The van der Waals surface area contributed by atoms with E-state index in [2.05, 4.69) is 15.5 Å². The molecular weight excluding hydrogens is 284 g/mol. The number of carboxylic acids is 1. The van der Waals surface area contributed by atoms with E-state index in [4.69, 9.17) is 9.84 Å². The molecule has 2 aromatic carbocycles. The van der Waals surface area contributed by atoms with E-state index in [-0.39, 0.29) is 12.2 Å². The lowest BCUT2D eigenvalue weighted by molar-refractivity contribution is 0.0696. The number of hydrogen-bond donors (Lipinski definition) is 1. The van der Waals surface area contributed by atoms with Crippen molar-refractivity contribution in [3.8, 4) is 11.4 Å². The number of nitrogens with zero attached hydrogens (tertiary/aromatic N) is 4. The predicted octanol–water partition coefficient (Wildman–Crippen LogP) is 1.94. The van der Waals surface area contributed by atoms with E-state index in [0.717, 1.165) is 5.69 Å². The van der Waals surface area contributed by atoms with Gasteiger partial charge < -0.3 is 9.84 Å². The van der Waals surface area contributed by atoms with E-state index in [9.17, 15) is 4.79 Å². The van der Waals surface area contributed by atoms with E-state index in [1.807, 2.05) is 30.3 Å². The first-order valence-corrected chi connectivity index (χ1v) is 6.53. The van der Waals surface area contributed by atoms with Gasteiger partial charge in [-0.05, 0) is 40.8 Å². The SMILES string of the molecule is O=C(O)c1cccc(OCc2nnnn2-c2ccccc2)c1. The summed E-state index contributed by atoms with van der Waals surface area (Å²) in [4.78, 5) is 10.9. The van der Waals surface area contributed by atoms with Crippen molar-refractivity contribution in [1.82, 2.24) is 20.2 Å². The zero-order chi connectivity index (χ0) is 15.4. The fraction of sp³-hybridized carbons (Fsp3) is 0.0667. The van der Waals surface area contributed by atoms with Crippen LogP contribution in [-0.4, -0.2) is 31.3 Å². The van der Waals surface area contributed by atoms with Crippen molar-refractivity contribution in [3.05, 3.63) is 66.0 Å². The average Bonchev–Trinajstić information content (AvgIpc) is 3.02. The van der Waals surface area contributed by atoms with Crippen molar-refractivity contribution in [2.75, 3.05) is 0 Å². The number of benzene rings is 2. The first-order chi connectivity index (χ1) is 10.7. The highest BCUT2D eigenvalue weighted by Gasteiger charge is 2.09. The maximum absolute atomic E-state index is 10.9. The molecule has 0 fully saturated rings. The summed E-state index contributed by atoms with van der Waals surface area (Å²) in [6.07, 6.45) is 0. The molecule has 0 atom stereocenters. The molecule has 0 bridgehead atoms. The number of carboxylic acid groups (broad SMARTS) is 1. The number of tetrazole rings is 1. The van der Waals surface area contributed by atoms with Gasteiger partial charge in [-0.3, -0.25) is 0 Å². The molecule has 0 spiro atoms. The van der Waals surface area contributed by atoms with Gasteiger partial charge in [-0.15, -0.1) is 5.10 Å². The van der Waals surface area contributed by atoms with Crippen LogP contribution < -0.4 is 4.74 Å². The van der Waals surface area contributed by atoms with Crippen molar-refractivity contribution in [2.24, 2.45) is 0 Å². The number of para-hydroxylation sites is 1. The third-order valence-corrected chi connectivity index (χ3v) is 2.98. The van der Waals surface area contributed by atoms with E-state index in [1.54, 1.807) is 16.8 Å². The van der Waals surface area contributed by atoms with Gasteiger partial charge in [0.25, 0.3) is 0 Å². The Morgan fingerprint density at radius 3 is 2.73 bits per heavy atom. The van der Waals surface area contributed by atoms with Gasteiger partial charge in [-0.2, -0.15) is 4.68 Å². The van der Waals surface area contributed by atoms with Crippen LogP contribution in [-0.2, 0) is 6.61 Å². The Labute approximate surface area is 125 Å². The molecule has 1 N–H and O–H groups in total.